The minimum Gasteiger partial charge on any atom is -0.369 e. The molecule has 0 aromatic carbocycles. The Morgan fingerprint density at radius 3 is 2.94 bits per heavy atom. The van der Waals surface area contributed by atoms with Crippen LogP contribution in [0.3, 0.4) is 0 Å². The molecule has 0 radical (unpaired) electrons. The Labute approximate surface area is 93.5 Å². The second kappa shape index (κ2) is 4.26. The molecule has 0 bridgehead atoms. The maximum absolute atomic E-state index is 5.26. The van der Waals surface area contributed by atoms with E-state index in [1.54, 1.807) is 6.20 Å². The molecule has 1 aliphatic carbocycles. The van der Waals surface area contributed by atoms with Gasteiger partial charge in [0.25, 0.3) is 0 Å². The maximum Gasteiger partial charge on any atom is 0.211 e. The third kappa shape index (κ3) is 2.00. The zero-order valence-electron chi connectivity index (χ0n) is 9.14. The first-order valence-corrected chi connectivity index (χ1v) is 5.15. The van der Waals surface area contributed by atoms with Crippen LogP contribution in [0.5, 0.6) is 0 Å². The van der Waals surface area contributed by atoms with Crippen LogP contribution < -0.4 is 11.5 Å². The van der Waals surface area contributed by atoms with Gasteiger partial charge in [-0.3, -0.25) is 0 Å². The van der Waals surface area contributed by atoms with Crippen LogP contribution in [0.2, 0.25) is 0 Å². The van der Waals surface area contributed by atoms with Crippen molar-refractivity contribution in [1.82, 2.24) is 10.2 Å². The van der Waals surface area contributed by atoms with Crippen LogP contribution in [0, 0.1) is 6.92 Å². The van der Waals surface area contributed by atoms with Crippen LogP contribution in [-0.2, 0) is 6.42 Å². The summed E-state index contributed by atoms with van der Waals surface area (Å²) >= 11 is 0. The molecule has 0 saturated carbocycles. The summed E-state index contributed by atoms with van der Waals surface area (Å²) in [5.41, 5.74) is 14.5. The Balaban J connectivity index is 2.47. The van der Waals surface area contributed by atoms with Crippen molar-refractivity contribution in [3.8, 4) is 0 Å². The average molecular weight is 218 g/mol. The minimum absolute atomic E-state index is 0.0284. The number of aryl methyl sites for hydroxylation is 2. The summed E-state index contributed by atoms with van der Waals surface area (Å²) in [7, 11) is 0. The molecule has 0 fully saturated rings. The van der Waals surface area contributed by atoms with E-state index in [1.165, 1.54) is 0 Å². The number of nitrogens with two attached hydrogens (primary N) is 2. The summed E-state index contributed by atoms with van der Waals surface area (Å²) in [6, 6.07) is 0. The molecule has 1 heterocycles. The Morgan fingerprint density at radius 2 is 2.19 bits per heavy atom. The van der Waals surface area contributed by atoms with E-state index in [-0.39, 0.29) is 5.96 Å². The molecule has 0 amide bonds. The summed E-state index contributed by atoms with van der Waals surface area (Å²) in [6.07, 6.45) is 4.54. The number of guanidine groups is 1. The van der Waals surface area contributed by atoms with Gasteiger partial charge >= 0.3 is 0 Å². The fraction of sp³-hybridized carbons (Fsp3) is 0.400. The van der Waals surface area contributed by atoms with E-state index >= 15 is 0 Å². The van der Waals surface area contributed by atoms with Crippen LogP contribution in [0.25, 0.3) is 0 Å². The van der Waals surface area contributed by atoms with Crippen molar-refractivity contribution < 1.29 is 0 Å². The molecule has 1 aromatic heterocycles. The van der Waals surface area contributed by atoms with Gasteiger partial charge in [-0.1, -0.05) is 0 Å². The van der Waals surface area contributed by atoms with Crippen LogP contribution in [0.15, 0.2) is 16.4 Å². The number of nitrogens with zero attached hydrogens (tertiary/aromatic N) is 4. The number of hydrogen-bond acceptors (Lipinski definition) is 4. The van der Waals surface area contributed by atoms with Gasteiger partial charge in [0.15, 0.2) is 0 Å². The van der Waals surface area contributed by atoms with Gasteiger partial charge in [0.1, 0.15) is 0 Å². The highest BCUT2D eigenvalue weighted by atomic mass is 15.3. The van der Waals surface area contributed by atoms with Crippen molar-refractivity contribution in [3.05, 3.63) is 23.0 Å². The molecule has 0 atom stereocenters. The lowest BCUT2D eigenvalue weighted by molar-refractivity contribution is 0.772. The molecule has 0 unspecified atom stereocenters. The molecule has 1 aromatic rings. The summed E-state index contributed by atoms with van der Waals surface area (Å²) in [6.45, 7) is 1.99. The predicted octanol–water partition coefficient (Wildman–Crippen LogP) is 0.0988. The summed E-state index contributed by atoms with van der Waals surface area (Å²) in [5.74, 6) is -0.0284. The van der Waals surface area contributed by atoms with Gasteiger partial charge in [-0.2, -0.15) is 15.3 Å². The first kappa shape index (κ1) is 10.5. The van der Waals surface area contributed by atoms with Crippen molar-refractivity contribution in [2.45, 2.75) is 26.2 Å². The number of fused-ring (bicyclic) bond motifs is 1. The molecular formula is C10H14N6. The normalized spacial score (nSPS) is 16.9. The summed E-state index contributed by atoms with van der Waals surface area (Å²) in [5, 5.41) is 15.8. The highest BCUT2D eigenvalue weighted by Gasteiger charge is 2.19. The summed E-state index contributed by atoms with van der Waals surface area (Å²) < 4.78 is 0. The SMILES string of the molecule is Cc1cnnc2c1C(=NN=C(N)N)CCC2. The third-order valence-electron chi connectivity index (χ3n) is 2.51. The van der Waals surface area contributed by atoms with Gasteiger partial charge in [-0.25, -0.2) is 0 Å². The zero-order valence-corrected chi connectivity index (χ0v) is 9.14. The monoisotopic (exact) mass is 218 g/mol. The lowest BCUT2D eigenvalue weighted by Crippen LogP contribution is -2.22. The van der Waals surface area contributed by atoms with E-state index < -0.39 is 0 Å². The van der Waals surface area contributed by atoms with E-state index in [0.29, 0.717) is 0 Å². The molecule has 16 heavy (non-hydrogen) atoms. The number of hydrogen-bond donors (Lipinski definition) is 2. The standard InChI is InChI=1S/C10H14N6/c1-6-5-13-14-7-3-2-4-8(9(6)7)15-16-10(11)12/h5H,2-4H2,1H3,(H4,11,12,16). The van der Waals surface area contributed by atoms with Gasteiger partial charge in [0.2, 0.25) is 5.96 Å². The second-order valence-electron chi connectivity index (χ2n) is 3.77. The Morgan fingerprint density at radius 1 is 1.38 bits per heavy atom. The Bertz CT molecular complexity index is 458. The van der Waals surface area contributed by atoms with Gasteiger partial charge in [-0.05, 0) is 31.7 Å². The lowest BCUT2D eigenvalue weighted by Gasteiger charge is -2.16. The van der Waals surface area contributed by atoms with Crippen LogP contribution in [0.4, 0.5) is 0 Å². The minimum atomic E-state index is -0.0284. The molecular weight excluding hydrogens is 204 g/mol. The molecule has 0 spiro atoms. The first-order valence-electron chi connectivity index (χ1n) is 5.15. The van der Waals surface area contributed by atoms with Crippen molar-refractivity contribution >= 4 is 11.7 Å². The van der Waals surface area contributed by atoms with E-state index in [0.717, 1.165) is 41.8 Å². The molecule has 6 heteroatoms. The second-order valence-corrected chi connectivity index (χ2v) is 3.77. The number of rotatable bonds is 1. The smallest absolute Gasteiger partial charge is 0.211 e. The van der Waals surface area contributed by atoms with E-state index in [4.69, 9.17) is 11.5 Å². The van der Waals surface area contributed by atoms with Crippen LogP contribution in [0.1, 0.15) is 29.7 Å². The summed E-state index contributed by atoms with van der Waals surface area (Å²) in [4.78, 5) is 0. The number of aromatic nitrogens is 2. The van der Waals surface area contributed by atoms with Crippen LogP contribution in [-0.4, -0.2) is 21.9 Å². The Hall–Kier alpha value is -1.98. The fourth-order valence-electron chi connectivity index (χ4n) is 1.86. The van der Waals surface area contributed by atoms with Crippen LogP contribution >= 0.6 is 0 Å². The Kier molecular flexibility index (Phi) is 2.80. The molecule has 84 valence electrons. The highest BCUT2D eigenvalue weighted by molar-refractivity contribution is 6.03. The van der Waals surface area contributed by atoms with Crippen molar-refractivity contribution in [2.75, 3.05) is 0 Å². The predicted molar refractivity (Wildman–Crippen MR) is 62.1 cm³/mol. The van der Waals surface area contributed by atoms with Crippen molar-refractivity contribution in [1.29, 1.82) is 0 Å². The average Bonchev–Trinajstić information content (AvgIpc) is 2.26. The quantitative estimate of drug-likeness (QED) is 0.396. The molecule has 2 rings (SSSR count). The zero-order chi connectivity index (χ0) is 11.5. The molecule has 0 saturated heterocycles. The lowest BCUT2D eigenvalue weighted by atomic mass is 9.92. The van der Waals surface area contributed by atoms with Gasteiger partial charge in [0.05, 0.1) is 17.6 Å². The fourth-order valence-corrected chi connectivity index (χ4v) is 1.86. The highest BCUT2D eigenvalue weighted by Crippen LogP contribution is 2.22. The molecule has 0 aliphatic heterocycles. The topological polar surface area (TPSA) is 103 Å². The first-order chi connectivity index (χ1) is 7.68. The van der Waals surface area contributed by atoms with E-state index in [2.05, 4.69) is 20.4 Å². The van der Waals surface area contributed by atoms with Crippen molar-refractivity contribution in [2.24, 2.45) is 21.7 Å². The maximum atomic E-state index is 5.26. The molecule has 4 N–H and O–H groups in total. The molecule has 1 aliphatic rings. The largest absolute Gasteiger partial charge is 0.369 e. The third-order valence-corrected chi connectivity index (χ3v) is 2.51. The molecule has 6 nitrogen and oxygen atoms in total. The van der Waals surface area contributed by atoms with Crippen molar-refractivity contribution in [3.63, 3.8) is 0 Å². The van der Waals surface area contributed by atoms with E-state index in [9.17, 15) is 0 Å². The van der Waals surface area contributed by atoms with Gasteiger partial charge < -0.3 is 11.5 Å². The van der Waals surface area contributed by atoms with Gasteiger partial charge in [-0.15, -0.1) is 5.10 Å². The van der Waals surface area contributed by atoms with E-state index in [1.807, 2.05) is 6.92 Å². The van der Waals surface area contributed by atoms with Gasteiger partial charge in [0, 0.05) is 5.56 Å².